The van der Waals surface area contributed by atoms with Crippen LogP contribution in [0.25, 0.3) is 0 Å². The molecular weight excluding hydrogens is 867 g/mol. The van der Waals surface area contributed by atoms with Gasteiger partial charge in [-0.1, -0.05) is 66.3 Å². The zero-order valence-electron chi connectivity index (χ0n) is 33.2. The molecule has 1 saturated carbocycles. The first-order valence-electron chi connectivity index (χ1n) is 19.6. The molecule has 2 saturated heterocycles. The lowest BCUT2D eigenvalue weighted by atomic mass is 9.68. The van der Waals surface area contributed by atoms with E-state index in [1.165, 1.54) is 24.2 Å². The molecule has 0 amide bonds. The molecule has 5 N–H and O–H groups in total. The zero-order chi connectivity index (χ0) is 41.0. The molecule has 6 atom stereocenters. The minimum absolute atomic E-state index is 0.0280. The molecule has 0 aromatic heterocycles. The third-order valence-electron chi connectivity index (χ3n) is 11.9. The van der Waals surface area contributed by atoms with Gasteiger partial charge in [0.15, 0.2) is 0 Å². The van der Waals surface area contributed by atoms with E-state index in [1.54, 1.807) is 30.4 Å². The number of nitrogens with one attached hydrogen (secondary N) is 1. The number of ether oxygens (including phenoxy) is 2. The Labute approximate surface area is 353 Å². The Bertz CT molecular complexity index is 1720. The van der Waals surface area contributed by atoms with Gasteiger partial charge in [-0.3, -0.25) is 4.90 Å². The Morgan fingerprint density at radius 1 is 1.12 bits per heavy atom. The van der Waals surface area contributed by atoms with Crippen molar-refractivity contribution < 1.29 is 32.9 Å². The summed E-state index contributed by atoms with van der Waals surface area (Å²) < 4.78 is 32.7. The van der Waals surface area contributed by atoms with E-state index in [-0.39, 0.29) is 34.5 Å². The van der Waals surface area contributed by atoms with Gasteiger partial charge in [0, 0.05) is 49.7 Å². The van der Waals surface area contributed by atoms with E-state index >= 15 is 0 Å². The van der Waals surface area contributed by atoms with Crippen molar-refractivity contribution >= 4 is 55.9 Å². The van der Waals surface area contributed by atoms with Crippen molar-refractivity contribution in [1.82, 2.24) is 10.2 Å². The number of anilines is 1. The van der Waals surface area contributed by atoms with Crippen molar-refractivity contribution in [3.8, 4) is 5.75 Å². The second-order valence-corrected chi connectivity index (χ2v) is 17.8. The number of nitrogens with two attached hydrogens (primary N) is 1. The Morgan fingerprint density at radius 3 is 2.41 bits per heavy atom. The summed E-state index contributed by atoms with van der Waals surface area (Å²) in [5.41, 5.74) is 3.44. The molecule has 0 unspecified atom stereocenters. The van der Waals surface area contributed by atoms with Crippen molar-refractivity contribution in [3.63, 3.8) is 0 Å². The highest BCUT2D eigenvalue weighted by Gasteiger charge is 2.44. The number of halogens is 2. The van der Waals surface area contributed by atoms with E-state index in [0.717, 1.165) is 94.0 Å². The van der Waals surface area contributed by atoms with Crippen LogP contribution in [0.2, 0.25) is 5.02 Å². The molecule has 14 heteroatoms. The van der Waals surface area contributed by atoms with E-state index in [1.807, 2.05) is 24.8 Å². The number of nitrogens with zero attached hydrogens (tertiary/aromatic N) is 2. The van der Waals surface area contributed by atoms with E-state index < -0.39 is 22.1 Å². The molecule has 7 rings (SSSR count). The summed E-state index contributed by atoms with van der Waals surface area (Å²) in [4.78, 5) is 18.5. The summed E-state index contributed by atoms with van der Waals surface area (Å²) >= 11 is 8.46. The van der Waals surface area contributed by atoms with Gasteiger partial charge in [0.2, 0.25) is 10.0 Å². The number of aryl methyl sites for hydroxylation is 1. The number of sulfonamides is 1. The molecule has 3 heterocycles. The molecular formula is C42H62ClIN4O7S. The number of allylic oxidation sites excluding steroid dienone is 1. The molecule has 3 aliphatic heterocycles. The van der Waals surface area contributed by atoms with Crippen LogP contribution in [-0.2, 0) is 26.6 Å². The number of fused-ring (bicyclic) bond motifs is 3. The number of carboxylic acids is 1. The number of primary sulfonamides is 1. The van der Waals surface area contributed by atoms with Crippen LogP contribution in [0.4, 0.5) is 5.69 Å². The fraction of sp³-hybridized carbons (Fsp3) is 0.595. The third-order valence-corrected chi connectivity index (χ3v) is 13.2. The fourth-order valence-electron chi connectivity index (χ4n) is 8.21. The molecule has 2 aromatic rings. The highest BCUT2D eigenvalue weighted by atomic mass is 127. The maximum atomic E-state index is 11.7. The third kappa shape index (κ3) is 12.4. The number of aromatic carboxylic acids is 1. The average Bonchev–Trinajstić information content (AvgIpc) is 3.30. The second-order valence-electron chi connectivity index (χ2n) is 15.7. The lowest BCUT2D eigenvalue weighted by Crippen LogP contribution is -2.55. The van der Waals surface area contributed by atoms with Crippen molar-refractivity contribution in [2.45, 2.75) is 63.5 Å². The smallest absolute Gasteiger partial charge is 0.335 e. The van der Waals surface area contributed by atoms with Crippen LogP contribution in [0.5, 0.6) is 5.75 Å². The minimum Gasteiger partial charge on any atom is -0.490 e. The van der Waals surface area contributed by atoms with Gasteiger partial charge in [-0.2, -0.15) is 0 Å². The monoisotopic (exact) mass is 928 g/mol. The molecule has 0 bridgehead atoms. The van der Waals surface area contributed by atoms with Gasteiger partial charge in [-0.25, -0.2) is 18.4 Å². The van der Waals surface area contributed by atoms with Gasteiger partial charge in [0.25, 0.3) is 0 Å². The van der Waals surface area contributed by atoms with Gasteiger partial charge >= 0.3 is 5.97 Å². The predicted molar refractivity (Wildman–Crippen MR) is 235 cm³/mol. The molecule has 312 valence electrons. The fourth-order valence-corrected chi connectivity index (χ4v) is 9.44. The molecule has 5 aliphatic rings. The highest BCUT2D eigenvalue weighted by molar-refractivity contribution is 14.1. The maximum absolute atomic E-state index is 11.7. The molecule has 3 fully saturated rings. The summed E-state index contributed by atoms with van der Waals surface area (Å²) in [6, 6.07) is 12.0. The van der Waals surface area contributed by atoms with E-state index in [2.05, 4.69) is 63.0 Å². The first-order chi connectivity index (χ1) is 26.7. The largest absolute Gasteiger partial charge is 0.490 e. The number of benzene rings is 2. The molecule has 0 radical (unpaired) electrons. The summed E-state index contributed by atoms with van der Waals surface area (Å²) in [6.45, 7) is 19.8. The van der Waals surface area contributed by atoms with E-state index in [4.69, 9.17) is 26.2 Å². The molecule has 2 aromatic carbocycles. The molecule has 2 aliphatic carbocycles. The Kier molecular flexibility index (Phi) is 18.0. The van der Waals surface area contributed by atoms with Crippen LogP contribution in [0.1, 0.15) is 61.0 Å². The highest BCUT2D eigenvalue weighted by Crippen LogP contribution is 2.46. The normalized spacial score (nSPS) is 24.7. The number of hydrogen-bond donors (Lipinski definition) is 4. The Balaban J connectivity index is 0.000000246. The number of carbonyl (C=O) groups is 1. The van der Waals surface area contributed by atoms with E-state index in [9.17, 15) is 23.4 Å². The molecule has 11 nitrogen and oxygen atoms in total. The summed E-state index contributed by atoms with van der Waals surface area (Å²) in [7, 11) is -3.33. The van der Waals surface area contributed by atoms with Crippen molar-refractivity contribution in [2.24, 2.45) is 28.8 Å². The number of rotatable bonds is 10. The number of piperazine rings is 1. The maximum Gasteiger partial charge on any atom is 0.335 e. The van der Waals surface area contributed by atoms with Crippen LogP contribution >= 0.6 is 34.2 Å². The standard InChI is InChI=1S/C27H30ClNO4.C7H14N2O.C7H15NO2S.CH3I/c1-2-24(30)21-8-5-19(21)14-29-15-27(11-3-4-17-12-20(28)7-9-22(17)27)16-33-25-10-6-18(26(31)32)13-23(25)29;1-3-9(4-2-8-1)7-5-10-6-7;1-4-6(2)7(3)5-11(8,9)10;1-2/h2,6-7,9-10,12-13,19,21,24,30H,1,3-5,8,11,14-16H2,(H,31,32);7-8H,1-6H2;4,6-7H,1,5H2,2-3H3,(H2,8,9,10);1H3/t19-,21+,24-,27-;;6-,7+;/m0.0./s1. The first kappa shape index (κ1) is 46.4. The number of hydrogen-bond acceptors (Lipinski definition) is 9. The molecule has 1 spiro atoms. The van der Waals surface area contributed by atoms with Gasteiger partial charge in [-0.15, -0.1) is 13.2 Å². The van der Waals surface area contributed by atoms with Crippen LogP contribution in [-0.4, -0.2) is 111 Å². The SMILES string of the molecule is C1CN(C2COC2)CCN1.C=C[C@H](C)[C@H](C)CS(N)(=O)=O.C=C[C@H](O)[C@@H]1CC[C@H]1CN1C[C@@]2(CCCc3cc(Cl)ccc32)COc2ccc(C(=O)O)cc21.CI. The van der Waals surface area contributed by atoms with Crippen molar-refractivity contribution in [2.75, 3.05) is 74.7 Å². The molecule has 56 heavy (non-hydrogen) atoms. The van der Waals surface area contributed by atoms with Crippen molar-refractivity contribution in [3.05, 3.63) is 83.4 Å². The zero-order valence-corrected chi connectivity index (χ0v) is 36.9. The first-order valence-corrected chi connectivity index (χ1v) is 23.9. The average molecular weight is 929 g/mol. The summed E-state index contributed by atoms with van der Waals surface area (Å²) in [5.74, 6) is 0.543. The van der Waals surface area contributed by atoms with Gasteiger partial charge in [0.05, 0.1) is 49.0 Å². The predicted octanol–water partition coefficient (Wildman–Crippen LogP) is 6.16. The topological polar surface area (TPSA) is 155 Å². The van der Waals surface area contributed by atoms with E-state index in [0.29, 0.717) is 12.5 Å². The van der Waals surface area contributed by atoms with Gasteiger partial charge < -0.3 is 29.9 Å². The number of alkyl halides is 1. The summed E-state index contributed by atoms with van der Waals surface area (Å²) in [5, 5.41) is 29.0. The van der Waals surface area contributed by atoms with Gasteiger partial charge in [0.1, 0.15) is 5.75 Å². The Hall–Kier alpha value is -2.24. The number of aliphatic hydroxyl groups is 1. The van der Waals surface area contributed by atoms with Crippen LogP contribution in [0.3, 0.4) is 0 Å². The van der Waals surface area contributed by atoms with Gasteiger partial charge in [-0.05, 0) is 102 Å². The minimum atomic E-state index is -3.33. The lowest BCUT2D eigenvalue weighted by molar-refractivity contribution is -0.0677. The van der Waals surface area contributed by atoms with Crippen molar-refractivity contribution in [1.29, 1.82) is 0 Å². The van der Waals surface area contributed by atoms with Crippen LogP contribution < -0.4 is 20.1 Å². The van der Waals surface area contributed by atoms with Crippen LogP contribution in [0.15, 0.2) is 61.7 Å². The quantitative estimate of drug-likeness (QED) is 0.124. The second kappa shape index (κ2) is 21.7. The number of carboxylic acid groups (broad SMARTS) is 1. The van der Waals surface area contributed by atoms with Crippen LogP contribution in [0, 0.1) is 23.7 Å². The summed E-state index contributed by atoms with van der Waals surface area (Å²) in [6.07, 6.45) is 7.94. The Morgan fingerprint density at radius 2 is 1.84 bits per heavy atom. The number of aliphatic hydroxyl groups excluding tert-OH is 1. The lowest BCUT2D eigenvalue weighted by Gasteiger charge is -2.45.